The van der Waals surface area contributed by atoms with Crippen molar-refractivity contribution >= 4 is 43.5 Å². The van der Waals surface area contributed by atoms with Crippen LogP contribution in [0.15, 0.2) is 21.1 Å². The van der Waals surface area contributed by atoms with E-state index < -0.39 is 5.41 Å². The van der Waals surface area contributed by atoms with Gasteiger partial charge in [-0.15, -0.1) is 0 Å². The molecule has 1 amide bonds. The van der Waals surface area contributed by atoms with E-state index in [1.807, 2.05) is 13.0 Å². The predicted molar refractivity (Wildman–Crippen MR) is 87.0 cm³/mol. The van der Waals surface area contributed by atoms with Crippen LogP contribution in [0.1, 0.15) is 26.2 Å². The van der Waals surface area contributed by atoms with Gasteiger partial charge in [0.15, 0.2) is 0 Å². The molecular formula is C14H18Br2N2O2. The smallest absolute Gasteiger partial charge is 0.231 e. The standard InChI is InChI=1S/C14H18Br2N2O2/c1-14(5-3-4-12(14)17)13(19)18-10-7-11(20-2)9(16)6-8(10)15/h6-7,12H,3-5,17H2,1-2H3,(H,18,19). The number of carbonyl (C=O) groups excluding carboxylic acids is 1. The molecule has 2 atom stereocenters. The molecule has 4 nitrogen and oxygen atoms in total. The third kappa shape index (κ3) is 2.87. The Morgan fingerprint density at radius 3 is 2.70 bits per heavy atom. The van der Waals surface area contributed by atoms with Crippen LogP contribution in [0.25, 0.3) is 0 Å². The molecule has 1 aromatic carbocycles. The lowest BCUT2D eigenvalue weighted by molar-refractivity contribution is -0.125. The van der Waals surface area contributed by atoms with Gasteiger partial charge in [-0.3, -0.25) is 4.79 Å². The maximum Gasteiger partial charge on any atom is 0.231 e. The Hall–Kier alpha value is -0.590. The second-order valence-corrected chi connectivity index (χ2v) is 7.05. The maximum absolute atomic E-state index is 12.5. The molecular weight excluding hydrogens is 388 g/mol. The summed E-state index contributed by atoms with van der Waals surface area (Å²) in [5.74, 6) is 0.636. The van der Waals surface area contributed by atoms with E-state index in [1.54, 1.807) is 13.2 Å². The van der Waals surface area contributed by atoms with Crippen molar-refractivity contribution in [2.45, 2.75) is 32.2 Å². The highest BCUT2D eigenvalue weighted by molar-refractivity contribution is 9.11. The first-order valence-electron chi connectivity index (χ1n) is 6.48. The van der Waals surface area contributed by atoms with Crippen molar-refractivity contribution in [3.05, 3.63) is 21.1 Å². The van der Waals surface area contributed by atoms with Crippen LogP contribution in [0.4, 0.5) is 5.69 Å². The quantitative estimate of drug-likeness (QED) is 0.806. The lowest BCUT2D eigenvalue weighted by Crippen LogP contribution is -2.44. The molecule has 2 rings (SSSR count). The number of hydrogen-bond donors (Lipinski definition) is 2. The summed E-state index contributed by atoms with van der Waals surface area (Å²) in [5, 5.41) is 2.96. The van der Waals surface area contributed by atoms with Crippen LogP contribution >= 0.6 is 31.9 Å². The molecule has 6 heteroatoms. The van der Waals surface area contributed by atoms with E-state index >= 15 is 0 Å². The molecule has 1 fully saturated rings. The number of methoxy groups -OCH3 is 1. The molecule has 1 aromatic rings. The van der Waals surface area contributed by atoms with Crippen molar-refractivity contribution in [2.75, 3.05) is 12.4 Å². The van der Waals surface area contributed by atoms with Crippen LogP contribution in [0.2, 0.25) is 0 Å². The fourth-order valence-electron chi connectivity index (χ4n) is 2.52. The van der Waals surface area contributed by atoms with Gasteiger partial charge in [-0.25, -0.2) is 0 Å². The number of benzene rings is 1. The number of anilines is 1. The minimum Gasteiger partial charge on any atom is -0.495 e. The van der Waals surface area contributed by atoms with Crippen LogP contribution in [-0.2, 0) is 4.79 Å². The van der Waals surface area contributed by atoms with E-state index in [-0.39, 0.29) is 11.9 Å². The number of nitrogens with one attached hydrogen (secondary N) is 1. The van der Waals surface area contributed by atoms with E-state index in [2.05, 4.69) is 37.2 Å². The summed E-state index contributed by atoms with van der Waals surface area (Å²) in [5.41, 5.74) is 6.27. The Morgan fingerprint density at radius 1 is 1.45 bits per heavy atom. The van der Waals surface area contributed by atoms with Crippen LogP contribution in [0.3, 0.4) is 0 Å². The Bertz CT molecular complexity index is 536. The fraction of sp³-hybridized carbons (Fsp3) is 0.500. The summed E-state index contributed by atoms with van der Waals surface area (Å²) in [6, 6.07) is 3.56. The van der Waals surface area contributed by atoms with Crippen molar-refractivity contribution < 1.29 is 9.53 Å². The molecule has 0 heterocycles. The van der Waals surface area contributed by atoms with E-state index in [0.29, 0.717) is 11.4 Å². The number of halogens is 2. The zero-order valence-corrected chi connectivity index (χ0v) is 14.7. The first-order valence-corrected chi connectivity index (χ1v) is 8.07. The number of rotatable bonds is 3. The molecule has 0 radical (unpaired) electrons. The highest BCUT2D eigenvalue weighted by Crippen LogP contribution is 2.39. The third-order valence-corrected chi connectivity index (χ3v) is 5.31. The number of hydrogen-bond acceptors (Lipinski definition) is 3. The lowest BCUT2D eigenvalue weighted by atomic mass is 9.84. The summed E-state index contributed by atoms with van der Waals surface area (Å²) in [4.78, 5) is 12.5. The van der Waals surface area contributed by atoms with Gasteiger partial charge >= 0.3 is 0 Å². The zero-order valence-electron chi connectivity index (χ0n) is 11.5. The van der Waals surface area contributed by atoms with Crippen molar-refractivity contribution in [3.63, 3.8) is 0 Å². The Labute approximate surface area is 135 Å². The Morgan fingerprint density at radius 2 is 2.15 bits per heavy atom. The zero-order chi connectivity index (χ0) is 14.9. The molecule has 20 heavy (non-hydrogen) atoms. The van der Waals surface area contributed by atoms with Gasteiger partial charge in [0.25, 0.3) is 0 Å². The fourth-order valence-corrected chi connectivity index (χ4v) is 3.78. The molecule has 0 bridgehead atoms. The van der Waals surface area contributed by atoms with Crippen LogP contribution in [0.5, 0.6) is 5.75 Å². The Balaban J connectivity index is 2.24. The molecule has 1 saturated carbocycles. The van der Waals surface area contributed by atoms with Crippen LogP contribution < -0.4 is 15.8 Å². The Kier molecular flexibility index (Phi) is 4.76. The van der Waals surface area contributed by atoms with Gasteiger partial charge in [0.1, 0.15) is 5.75 Å². The van der Waals surface area contributed by atoms with E-state index in [1.165, 1.54) is 0 Å². The van der Waals surface area contributed by atoms with Crippen molar-refractivity contribution in [3.8, 4) is 5.75 Å². The molecule has 110 valence electrons. The van der Waals surface area contributed by atoms with Gasteiger partial charge < -0.3 is 15.8 Å². The van der Waals surface area contributed by atoms with Gasteiger partial charge in [-0.1, -0.05) is 6.42 Å². The highest BCUT2D eigenvalue weighted by Gasteiger charge is 2.43. The molecule has 0 spiro atoms. The largest absolute Gasteiger partial charge is 0.495 e. The van der Waals surface area contributed by atoms with Gasteiger partial charge in [0, 0.05) is 16.6 Å². The minimum atomic E-state index is -0.500. The molecule has 3 N–H and O–H groups in total. The monoisotopic (exact) mass is 404 g/mol. The van der Waals surface area contributed by atoms with E-state index in [4.69, 9.17) is 10.5 Å². The lowest BCUT2D eigenvalue weighted by Gasteiger charge is -2.27. The highest BCUT2D eigenvalue weighted by atomic mass is 79.9. The summed E-state index contributed by atoms with van der Waals surface area (Å²) in [6.07, 6.45) is 2.72. The normalized spacial score (nSPS) is 25.6. The molecule has 1 aliphatic carbocycles. The van der Waals surface area contributed by atoms with Gasteiger partial charge in [0.2, 0.25) is 5.91 Å². The predicted octanol–water partition coefficient (Wildman–Crippen LogP) is 3.68. The summed E-state index contributed by atoms with van der Waals surface area (Å²) >= 11 is 6.86. The van der Waals surface area contributed by atoms with Crippen LogP contribution in [-0.4, -0.2) is 19.1 Å². The molecule has 1 aliphatic rings. The first-order chi connectivity index (χ1) is 9.38. The summed E-state index contributed by atoms with van der Waals surface area (Å²) < 4.78 is 6.88. The summed E-state index contributed by atoms with van der Waals surface area (Å²) in [7, 11) is 1.59. The van der Waals surface area contributed by atoms with E-state index in [9.17, 15) is 4.79 Å². The van der Waals surface area contributed by atoms with E-state index in [0.717, 1.165) is 28.2 Å². The second-order valence-electron chi connectivity index (χ2n) is 5.34. The molecule has 0 aromatic heterocycles. The van der Waals surface area contributed by atoms with Gasteiger partial charge in [-0.05, 0) is 57.7 Å². The van der Waals surface area contributed by atoms with Crippen molar-refractivity contribution in [2.24, 2.45) is 11.1 Å². The summed E-state index contributed by atoms with van der Waals surface area (Å²) in [6.45, 7) is 1.93. The topological polar surface area (TPSA) is 64.3 Å². The second kappa shape index (κ2) is 6.03. The molecule has 0 aliphatic heterocycles. The molecule has 2 unspecified atom stereocenters. The minimum absolute atomic E-state index is 0.0347. The third-order valence-electron chi connectivity index (χ3n) is 4.04. The molecule has 0 saturated heterocycles. The average molecular weight is 406 g/mol. The number of nitrogens with two attached hydrogens (primary N) is 1. The number of ether oxygens (including phenoxy) is 1. The first kappa shape index (κ1) is 15.8. The SMILES string of the molecule is COc1cc(NC(=O)C2(C)CCCC2N)c(Br)cc1Br. The van der Waals surface area contributed by atoms with Crippen molar-refractivity contribution in [1.82, 2.24) is 0 Å². The van der Waals surface area contributed by atoms with Crippen LogP contribution in [0, 0.1) is 5.41 Å². The van der Waals surface area contributed by atoms with Crippen molar-refractivity contribution in [1.29, 1.82) is 0 Å². The maximum atomic E-state index is 12.5. The van der Waals surface area contributed by atoms with Gasteiger partial charge in [-0.2, -0.15) is 0 Å². The average Bonchev–Trinajstić information content (AvgIpc) is 2.74. The van der Waals surface area contributed by atoms with Gasteiger partial charge in [0.05, 0.1) is 22.7 Å². The number of amides is 1. The number of carbonyl (C=O) groups is 1.